The molecule has 0 aliphatic carbocycles. The molecule has 0 amide bonds. The topological polar surface area (TPSA) is 83.1 Å². The van der Waals surface area contributed by atoms with Gasteiger partial charge in [-0.15, -0.1) is 18.3 Å². The second-order valence-corrected chi connectivity index (χ2v) is 5.31. The van der Waals surface area contributed by atoms with E-state index in [2.05, 4.69) is 14.8 Å². The maximum atomic E-state index is 12.2. The maximum Gasteiger partial charge on any atom is 0.573 e. The molecule has 3 rings (SSSR count). The molecule has 10 heteroatoms. The molecule has 134 valence electrons. The van der Waals surface area contributed by atoms with Gasteiger partial charge in [0.05, 0.1) is 10.6 Å². The molecule has 26 heavy (non-hydrogen) atoms. The number of hydrogen-bond acceptors (Lipinski definition) is 5. The summed E-state index contributed by atoms with van der Waals surface area (Å²) in [6.07, 6.45) is -3.34. The predicted molar refractivity (Wildman–Crippen MR) is 84.9 cm³/mol. The van der Waals surface area contributed by atoms with Gasteiger partial charge in [0.15, 0.2) is 5.82 Å². The van der Waals surface area contributed by atoms with Crippen LogP contribution in [0, 0.1) is 17.0 Å². The van der Waals surface area contributed by atoms with Gasteiger partial charge in [-0.2, -0.15) is 0 Å². The van der Waals surface area contributed by atoms with Crippen molar-refractivity contribution >= 4 is 5.69 Å². The number of aryl methyl sites for hydroxylation is 1. The van der Waals surface area contributed by atoms with E-state index < -0.39 is 11.3 Å². The highest BCUT2D eigenvalue weighted by molar-refractivity contribution is 5.56. The van der Waals surface area contributed by atoms with Crippen molar-refractivity contribution in [3.8, 4) is 22.8 Å². The third kappa shape index (κ3) is 3.79. The second-order valence-electron chi connectivity index (χ2n) is 5.31. The fourth-order valence-electron chi connectivity index (χ4n) is 2.31. The fraction of sp³-hybridized carbons (Fsp3) is 0.125. The molecule has 0 aliphatic heterocycles. The molecule has 7 nitrogen and oxygen atoms in total. The minimum absolute atomic E-state index is 0.00524. The predicted octanol–water partition coefficient (Wildman–Crippen LogP) is 4.05. The number of rotatable bonds is 4. The Kier molecular flexibility index (Phi) is 4.33. The summed E-state index contributed by atoms with van der Waals surface area (Å²) in [6.45, 7) is 1.61. The third-order valence-corrected chi connectivity index (χ3v) is 3.48. The maximum absolute atomic E-state index is 12.2. The van der Waals surface area contributed by atoms with Crippen molar-refractivity contribution in [2.45, 2.75) is 13.3 Å². The molecule has 0 N–H and O–H groups in total. The van der Waals surface area contributed by atoms with E-state index in [1.807, 2.05) is 0 Å². The number of aromatic nitrogens is 3. The molecule has 1 aromatic heterocycles. The molecule has 2 aromatic carbocycles. The van der Waals surface area contributed by atoms with E-state index in [0.717, 1.165) is 0 Å². The van der Waals surface area contributed by atoms with Crippen LogP contribution in [0.15, 0.2) is 48.8 Å². The van der Waals surface area contributed by atoms with Crippen LogP contribution in [-0.2, 0) is 0 Å². The number of benzene rings is 2. The van der Waals surface area contributed by atoms with E-state index in [0.29, 0.717) is 22.6 Å². The number of ether oxygens (including phenoxy) is 1. The summed E-state index contributed by atoms with van der Waals surface area (Å²) in [5.41, 5.74) is 1.54. The van der Waals surface area contributed by atoms with E-state index in [4.69, 9.17) is 0 Å². The number of hydrogen-bond donors (Lipinski definition) is 0. The lowest BCUT2D eigenvalue weighted by Gasteiger charge is -2.08. The van der Waals surface area contributed by atoms with Gasteiger partial charge in [0.1, 0.15) is 12.1 Å². The normalized spacial score (nSPS) is 11.4. The zero-order chi connectivity index (χ0) is 18.9. The minimum Gasteiger partial charge on any atom is -0.406 e. The Hall–Kier alpha value is -3.43. The van der Waals surface area contributed by atoms with E-state index in [1.165, 1.54) is 47.4 Å². The lowest BCUT2D eigenvalue weighted by Crippen LogP contribution is -2.16. The van der Waals surface area contributed by atoms with Gasteiger partial charge >= 0.3 is 6.36 Å². The molecule has 0 radical (unpaired) electrons. The van der Waals surface area contributed by atoms with Crippen molar-refractivity contribution in [3.63, 3.8) is 0 Å². The largest absolute Gasteiger partial charge is 0.573 e. The molecule has 0 aliphatic rings. The van der Waals surface area contributed by atoms with Crippen molar-refractivity contribution in [1.29, 1.82) is 0 Å². The fourth-order valence-corrected chi connectivity index (χ4v) is 2.31. The molecule has 0 bridgehead atoms. The number of alkyl halides is 3. The van der Waals surface area contributed by atoms with E-state index in [9.17, 15) is 23.3 Å². The molecule has 0 spiro atoms. The van der Waals surface area contributed by atoms with Gasteiger partial charge in [-0.3, -0.25) is 10.1 Å². The van der Waals surface area contributed by atoms with Gasteiger partial charge in [0.25, 0.3) is 5.69 Å². The van der Waals surface area contributed by atoms with Crippen molar-refractivity contribution in [3.05, 3.63) is 64.5 Å². The first kappa shape index (κ1) is 17.4. The average Bonchev–Trinajstić information content (AvgIpc) is 3.03. The van der Waals surface area contributed by atoms with Gasteiger partial charge < -0.3 is 4.74 Å². The summed E-state index contributed by atoms with van der Waals surface area (Å²) >= 11 is 0. The SMILES string of the molecule is Cc1cc(-n2cnc(-c3ccc(OC(F)(F)F)cc3)n2)ccc1[N+](=O)[O-]. The van der Waals surface area contributed by atoms with Gasteiger partial charge in [0, 0.05) is 17.2 Å². The molecule has 0 unspecified atom stereocenters. The summed E-state index contributed by atoms with van der Waals surface area (Å²) in [5, 5.41) is 15.1. The standard InChI is InChI=1S/C16H11F3N4O3/c1-10-8-12(4-7-14(10)23(24)25)22-9-20-15(21-22)11-2-5-13(6-3-11)26-16(17,18)19/h2-9H,1H3. The summed E-state index contributed by atoms with van der Waals surface area (Å²) in [6, 6.07) is 9.64. The molecule has 1 heterocycles. The second kappa shape index (κ2) is 6.47. The van der Waals surface area contributed by atoms with Crippen molar-refractivity contribution in [1.82, 2.24) is 14.8 Å². The highest BCUT2D eigenvalue weighted by Gasteiger charge is 2.31. The molecular weight excluding hydrogens is 353 g/mol. The zero-order valence-electron chi connectivity index (χ0n) is 13.3. The van der Waals surface area contributed by atoms with Crippen LogP contribution in [0.1, 0.15) is 5.56 Å². The monoisotopic (exact) mass is 364 g/mol. The zero-order valence-corrected chi connectivity index (χ0v) is 13.3. The average molecular weight is 364 g/mol. The van der Waals surface area contributed by atoms with Crippen molar-refractivity contribution in [2.24, 2.45) is 0 Å². The number of nitro groups is 1. The van der Waals surface area contributed by atoms with Crippen LogP contribution in [0.5, 0.6) is 5.75 Å². The van der Waals surface area contributed by atoms with Gasteiger partial charge in [-0.1, -0.05) is 0 Å². The summed E-state index contributed by atoms with van der Waals surface area (Å²) in [7, 11) is 0. The lowest BCUT2D eigenvalue weighted by atomic mass is 10.2. The molecule has 0 saturated heterocycles. The summed E-state index contributed by atoms with van der Waals surface area (Å²) in [5.74, 6) is -0.0498. The van der Waals surface area contributed by atoms with E-state index in [1.54, 1.807) is 13.0 Å². The van der Waals surface area contributed by atoms with Gasteiger partial charge in [-0.25, -0.2) is 9.67 Å². The number of nitrogens with zero attached hydrogens (tertiary/aromatic N) is 4. The molecular formula is C16H11F3N4O3. The van der Waals surface area contributed by atoms with E-state index in [-0.39, 0.29) is 11.4 Å². The van der Waals surface area contributed by atoms with Crippen LogP contribution in [-0.4, -0.2) is 26.1 Å². The van der Waals surface area contributed by atoms with Crippen molar-refractivity contribution in [2.75, 3.05) is 0 Å². The first-order chi connectivity index (χ1) is 12.2. The quantitative estimate of drug-likeness (QED) is 0.515. The minimum atomic E-state index is -4.75. The summed E-state index contributed by atoms with van der Waals surface area (Å²) < 4.78 is 41.8. The van der Waals surface area contributed by atoms with Crippen LogP contribution in [0.4, 0.5) is 18.9 Å². The molecule has 0 atom stereocenters. The van der Waals surface area contributed by atoms with Crippen LogP contribution < -0.4 is 4.74 Å². The Morgan fingerprint density at radius 3 is 2.42 bits per heavy atom. The Balaban J connectivity index is 1.84. The number of halogens is 3. The molecule has 3 aromatic rings. The Bertz CT molecular complexity index is 952. The van der Waals surface area contributed by atoms with Crippen LogP contribution in [0.25, 0.3) is 17.1 Å². The molecule has 0 saturated carbocycles. The van der Waals surface area contributed by atoms with Gasteiger partial charge in [0.2, 0.25) is 0 Å². The smallest absolute Gasteiger partial charge is 0.406 e. The Labute approximate surface area is 144 Å². The van der Waals surface area contributed by atoms with Gasteiger partial charge in [-0.05, 0) is 43.3 Å². The Morgan fingerprint density at radius 2 is 1.85 bits per heavy atom. The molecule has 0 fully saturated rings. The lowest BCUT2D eigenvalue weighted by molar-refractivity contribution is -0.385. The van der Waals surface area contributed by atoms with Crippen LogP contribution in [0.2, 0.25) is 0 Å². The first-order valence-electron chi connectivity index (χ1n) is 7.26. The third-order valence-electron chi connectivity index (χ3n) is 3.48. The highest BCUT2D eigenvalue weighted by atomic mass is 19.4. The Morgan fingerprint density at radius 1 is 1.15 bits per heavy atom. The van der Waals surface area contributed by atoms with Crippen LogP contribution >= 0.6 is 0 Å². The van der Waals surface area contributed by atoms with Crippen molar-refractivity contribution < 1.29 is 22.8 Å². The van der Waals surface area contributed by atoms with E-state index >= 15 is 0 Å². The number of nitro benzene ring substituents is 1. The summed E-state index contributed by atoms with van der Waals surface area (Å²) in [4.78, 5) is 14.5. The van der Waals surface area contributed by atoms with Crippen LogP contribution in [0.3, 0.4) is 0 Å². The first-order valence-corrected chi connectivity index (χ1v) is 7.26. The highest BCUT2D eigenvalue weighted by Crippen LogP contribution is 2.26.